The number of rotatable bonds is 0. The second-order valence-electron chi connectivity index (χ2n) is 2.35. The van der Waals surface area contributed by atoms with Gasteiger partial charge in [-0.15, -0.1) is 0 Å². The summed E-state index contributed by atoms with van der Waals surface area (Å²) in [6.45, 7) is 0. The molecule has 0 saturated heterocycles. The van der Waals surface area contributed by atoms with E-state index in [9.17, 15) is 22.0 Å². The summed E-state index contributed by atoms with van der Waals surface area (Å²) in [5, 5.41) is 0. The second kappa shape index (κ2) is 2.86. The van der Waals surface area contributed by atoms with Gasteiger partial charge in [0.1, 0.15) is 5.82 Å². The highest BCUT2D eigenvalue weighted by Gasteiger charge is 2.35. The number of benzene rings is 1. The molecule has 0 aliphatic heterocycles. The Morgan fingerprint density at radius 3 is 2.08 bits per heavy atom. The Bertz CT molecular complexity index is 330. The SMILES string of the molecule is Nc1cc(F)cc(C(F)(F)F)c1F. The van der Waals surface area contributed by atoms with Gasteiger partial charge in [0.15, 0.2) is 5.82 Å². The minimum atomic E-state index is -4.93. The molecule has 1 rings (SSSR count). The van der Waals surface area contributed by atoms with Crippen LogP contribution in [0.15, 0.2) is 12.1 Å². The van der Waals surface area contributed by atoms with Crippen LogP contribution >= 0.6 is 0 Å². The summed E-state index contributed by atoms with van der Waals surface area (Å²) in [6, 6.07) is 0.552. The lowest BCUT2D eigenvalue weighted by atomic mass is 10.1. The number of hydrogen-bond donors (Lipinski definition) is 1. The van der Waals surface area contributed by atoms with E-state index in [4.69, 9.17) is 5.73 Å². The number of nitrogen functional groups attached to an aromatic ring is 1. The van der Waals surface area contributed by atoms with Crippen LogP contribution in [0.25, 0.3) is 0 Å². The normalized spacial score (nSPS) is 11.8. The fraction of sp³-hybridized carbons (Fsp3) is 0.143. The van der Waals surface area contributed by atoms with Crippen LogP contribution in [0.4, 0.5) is 27.6 Å². The molecule has 0 aliphatic rings. The van der Waals surface area contributed by atoms with E-state index in [-0.39, 0.29) is 6.07 Å². The minimum Gasteiger partial charge on any atom is -0.396 e. The monoisotopic (exact) mass is 197 g/mol. The standard InChI is InChI=1S/C7H4F5N/c8-3-1-4(7(10,11)12)6(9)5(13)2-3/h1-2H,13H2. The van der Waals surface area contributed by atoms with Crippen LogP contribution in [0.5, 0.6) is 0 Å². The predicted molar refractivity (Wildman–Crippen MR) is 35.8 cm³/mol. The molecule has 0 saturated carbocycles. The molecule has 13 heavy (non-hydrogen) atoms. The van der Waals surface area contributed by atoms with Crippen molar-refractivity contribution in [1.82, 2.24) is 0 Å². The highest BCUT2D eigenvalue weighted by Crippen LogP contribution is 2.33. The van der Waals surface area contributed by atoms with E-state index in [1.54, 1.807) is 0 Å². The molecule has 0 amide bonds. The molecule has 2 N–H and O–H groups in total. The maximum atomic E-state index is 12.7. The van der Waals surface area contributed by atoms with Crippen molar-refractivity contribution in [3.05, 3.63) is 29.3 Å². The molecule has 0 heterocycles. The van der Waals surface area contributed by atoms with Gasteiger partial charge in [-0.25, -0.2) is 8.78 Å². The maximum Gasteiger partial charge on any atom is 0.419 e. The van der Waals surface area contributed by atoms with Crippen molar-refractivity contribution in [3.63, 3.8) is 0 Å². The summed E-state index contributed by atoms with van der Waals surface area (Å²) in [5.74, 6) is -2.86. The van der Waals surface area contributed by atoms with Gasteiger partial charge < -0.3 is 5.73 Å². The van der Waals surface area contributed by atoms with Gasteiger partial charge in [-0.05, 0) is 12.1 Å². The number of halogens is 5. The predicted octanol–water partition coefficient (Wildman–Crippen LogP) is 2.57. The van der Waals surface area contributed by atoms with Crippen molar-refractivity contribution in [3.8, 4) is 0 Å². The minimum absolute atomic E-state index is 0.0612. The summed E-state index contributed by atoms with van der Waals surface area (Å²) in [5.41, 5.74) is 2.26. The largest absolute Gasteiger partial charge is 0.419 e. The molecule has 0 unspecified atom stereocenters. The van der Waals surface area contributed by atoms with Gasteiger partial charge >= 0.3 is 6.18 Å². The topological polar surface area (TPSA) is 26.0 Å². The molecule has 0 spiro atoms. The van der Waals surface area contributed by atoms with Crippen molar-refractivity contribution in [2.45, 2.75) is 6.18 Å². The van der Waals surface area contributed by atoms with Crippen molar-refractivity contribution in [2.75, 3.05) is 5.73 Å². The highest BCUT2D eigenvalue weighted by molar-refractivity contribution is 5.44. The van der Waals surface area contributed by atoms with Gasteiger partial charge in [-0.3, -0.25) is 0 Å². The maximum absolute atomic E-state index is 12.7. The molecule has 0 fully saturated rings. The molecule has 1 nitrogen and oxygen atoms in total. The first-order chi connectivity index (χ1) is 5.82. The summed E-state index contributed by atoms with van der Waals surface area (Å²) in [4.78, 5) is 0. The number of anilines is 1. The van der Waals surface area contributed by atoms with E-state index in [1.807, 2.05) is 0 Å². The van der Waals surface area contributed by atoms with E-state index in [0.717, 1.165) is 0 Å². The van der Waals surface area contributed by atoms with Crippen LogP contribution in [0, 0.1) is 11.6 Å². The molecule has 0 aromatic heterocycles. The van der Waals surface area contributed by atoms with Crippen molar-refractivity contribution in [1.29, 1.82) is 0 Å². The van der Waals surface area contributed by atoms with Gasteiger partial charge in [0.2, 0.25) is 0 Å². The van der Waals surface area contributed by atoms with E-state index >= 15 is 0 Å². The van der Waals surface area contributed by atoms with Crippen LogP contribution in [0.1, 0.15) is 5.56 Å². The molecule has 0 bridgehead atoms. The molecule has 0 radical (unpaired) electrons. The van der Waals surface area contributed by atoms with Gasteiger partial charge in [-0.1, -0.05) is 0 Å². The van der Waals surface area contributed by atoms with Crippen molar-refractivity contribution >= 4 is 5.69 Å². The molecule has 72 valence electrons. The molecule has 1 aromatic rings. The van der Waals surface area contributed by atoms with Crippen LogP contribution < -0.4 is 5.73 Å². The smallest absolute Gasteiger partial charge is 0.396 e. The summed E-state index contributed by atoms with van der Waals surface area (Å²) < 4.78 is 60.9. The lowest BCUT2D eigenvalue weighted by molar-refractivity contribution is -0.140. The zero-order chi connectivity index (χ0) is 10.2. The van der Waals surface area contributed by atoms with Crippen LogP contribution in [0.2, 0.25) is 0 Å². The summed E-state index contributed by atoms with van der Waals surface area (Å²) in [7, 11) is 0. The third-order valence-corrected chi connectivity index (χ3v) is 1.37. The Morgan fingerprint density at radius 2 is 1.62 bits per heavy atom. The Morgan fingerprint density at radius 1 is 1.08 bits per heavy atom. The molecular weight excluding hydrogens is 193 g/mol. The van der Waals surface area contributed by atoms with E-state index in [1.165, 1.54) is 0 Å². The number of nitrogens with two attached hydrogens (primary N) is 1. The first kappa shape index (κ1) is 9.76. The van der Waals surface area contributed by atoms with Gasteiger partial charge in [0, 0.05) is 0 Å². The Labute approximate surface area is 70.0 Å². The van der Waals surface area contributed by atoms with E-state index < -0.39 is 29.1 Å². The molecule has 0 atom stereocenters. The van der Waals surface area contributed by atoms with E-state index in [0.29, 0.717) is 6.07 Å². The number of alkyl halides is 3. The summed E-state index contributed by atoms with van der Waals surface area (Å²) >= 11 is 0. The lowest BCUT2D eigenvalue weighted by Crippen LogP contribution is -2.10. The molecule has 1 aromatic carbocycles. The van der Waals surface area contributed by atoms with Crippen molar-refractivity contribution in [2.24, 2.45) is 0 Å². The molecule has 0 aliphatic carbocycles. The fourth-order valence-electron chi connectivity index (χ4n) is 0.817. The lowest BCUT2D eigenvalue weighted by Gasteiger charge is -2.09. The Kier molecular flexibility index (Phi) is 2.15. The molecule has 6 heteroatoms. The Hall–Kier alpha value is -1.33. The first-order valence-corrected chi connectivity index (χ1v) is 3.14. The average molecular weight is 197 g/mol. The van der Waals surface area contributed by atoms with E-state index in [2.05, 4.69) is 0 Å². The van der Waals surface area contributed by atoms with Crippen LogP contribution in [0.3, 0.4) is 0 Å². The van der Waals surface area contributed by atoms with Crippen LogP contribution in [-0.2, 0) is 6.18 Å². The third-order valence-electron chi connectivity index (χ3n) is 1.37. The van der Waals surface area contributed by atoms with Gasteiger partial charge in [0.05, 0.1) is 11.3 Å². The quantitative estimate of drug-likeness (QED) is 0.502. The van der Waals surface area contributed by atoms with Gasteiger partial charge in [0.25, 0.3) is 0 Å². The fourth-order valence-corrected chi connectivity index (χ4v) is 0.817. The average Bonchev–Trinajstić information content (AvgIpc) is 1.94. The number of hydrogen-bond acceptors (Lipinski definition) is 1. The molecular formula is C7H4F5N. The third kappa shape index (κ3) is 1.88. The zero-order valence-corrected chi connectivity index (χ0v) is 6.12. The second-order valence-corrected chi connectivity index (χ2v) is 2.35. The zero-order valence-electron chi connectivity index (χ0n) is 6.12. The Balaban J connectivity index is 3.37. The van der Waals surface area contributed by atoms with Crippen LogP contribution in [-0.4, -0.2) is 0 Å². The summed E-state index contributed by atoms with van der Waals surface area (Å²) in [6.07, 6.45) is -4.93. The van der Waals surface area contributed by atoms with Gasteiger partial charge in [-0.2, -0.15) is 13.2 Å². The van der Waals surface area contributed by atoms with Crippen molar-refractivity contribution < 1.29 is 22.0 Å². The first-order valence-electron chi connectivity index (χ1n) is 3.14. The highest BCUT2D eigenvalue weighted by atomic mass is 19.4.